The van der Waals surface area contributed by atoms with Gasteiger partial charge in [0.15, 0.2) is 0 Å². The molecular formula is C12H14O3S. The Morgan fingerprint density at radius 3 is 2.88 bits per heavy atom. The van der Waals surface area contributed by atoms with E-state index in [9.17, 15) is 5.11 Å². The zero-order valence-electron chi connectivity index (χ0n) is 8.80. The van der Waals surface area contributed by atoms with Crippen LogP contribution in [0.15, 0.2) is 34.1 Å². The molecule has 1 atom stereocenters. The van der Waals surface area contributed by atoms with Crippen LogP contribution in [0, 0.1) is 0 Å². The van der Waals surface area contributed by atoms with Gasteiger partial charge >= 0.3 is 0 Å². The average Bonchev–Trinajstić information content (AvgIpc) is 2.96. The zero-order valence-corrected chi connectivity index (χ0v) is 9.61. The minimum Gasteiger partial charge on any atom is -0.463 e. The van der Waals surface area contributed by atoms with Crippen LogP contribution in [0.5, 0.6) is 0 Å². The molecule has 1 unspecified atom stereocenters. The van der Waals surface area contributed by atoms with Crippen molar-refractivity contribution in [3.05, 3.63) is 46.0 Å². The number of aliphatic hydroxyl groups is 2. The van der Waals surface area contributed by atoms with E-state index in [1.54, 1.807) is 6.07 Å². The molecule has 2 aromatic heterocycles. The minimum atomic E-state index is -0.678. The molecular weight excluding hydrogens is 224 g/mol. The lowest BCUT2D eigenvalue weighted by atomic mass is 10.2. The highest BCUT2D eigenvalue weighted by molar-refractivity contribution is 7.10. The van der Waals surface area contributed by atoms with E-state index in [4.69, 9.17) is 9.52 Å². The first-order chi connectivity index (χ1) is 7.81. The van der Waals surface area contributed by atoms with Crippen LogP contribution >= 0.6 is 11.3 Å². The maximum absolute atomic E-state index is 9.99. The molecule has 2 N–H and O–H groups in total. The first-order valence-corrected chi connectivity index (χ1v) is 6.10. The molecule has 0 spiro atoms. The molecule has 0 saturated carbocycles. The van der Waals surface area contributed by atoms with Crippen molar-refractivity contribution in [2.45, 2.75) is 18.9 Å². The molecule has 2 aromatic rings. The van der Waals surface area contributed by atoms with Crippen LogP contribution in [0.2, 0.25) is 0 Å². The molecule has 16 heavy (non-hydrogen) atoms. The standard InChI is InChI=1S/C12H14O3S/c13-7-1-3-9-5-6-10(15-9)12(14)11-4-2-8-16-11/h2,4-6,8,12-14H,1,3,7H2. The zero-order chi connectivity index (χ0) is 11.4. The third kappa shape index (κ3) is 2.52. The summed E-state index contributed by atoms with van der Waals surface area (Å²) in [5, 5.41) is 20.6. The maximum atomic E-state index is 9.99. The normalized spacial score (nSPS) is 12.9. The first kappa shape index (κ1) is 11.4. The molecule has 2 rings (SSSR count). The molecule has 2 heterocycles. The molecule has 0 aliphatic rings. The van der Waals surface area contributed by atoms with Gasteiger partial charge < -0.3 is 14.6 Å². The fraction of sp³-hybridized carbons (Fsp3) is 0.333. The number of furan rings is 1. The Hall–Kier alpha value is -1.10. The molecule has 0 aliphatic heterocycles. The predicted molar refractivity (Wildman–Crippen MR) is 62.5 cm³/mol. The number of aliphatic hydroxyl groups excluding tert-OH is 2. The number of rotatable bonds is 5. The molecule has 86 valence electrons. The summed E-state index contributed by atoms with van der Waals surface area (Å²) in [4.78, 5) is 0.878. The van der Waals surface area contributed by atoms with Gasteiger partial charge in [-0.25, -0.2) is 0 Å². The monoisotopic (exact) mass is 238 g/mol. The molecule has 0 aliphatic carbocycles. The second-order valence-corrected chi connectivity index (χ2v) is 4.53. The molecule has 0 saturated heterocycles. The fourth-order valence-corrected chi connectivity index (χ4v) is 2.23. The van der Waals surface area contributed by atoms with Gasteiger partial charge in [0, 0.05) is 17.9 Å². The number of hydrogen-bond donors (Lipinski definition) is 2. The summed E-state index contributed by atoms with van der Waals surface area (Å²) in [5.41, 5.74) is 0. The molecule has 0 amide bonds. The minimum absolute atomic E-state index is 0.156. The Bertz CT molecular complexity index is 419. The Kier molecular flexibility index (Phi) is 3.77. The van der Waals surface area contributed by atoms with Crippen LogP contribution < -0.4 is 0 Å². The van der Waals surface area contributed by atoms with Crippen LogP contribution in [-0.4, -0.2) is 16.8 Å². The van der Waals surface area contributed by atoms with Crippen LogP contribution in [0.25, 0.3) is 0 Å². The molecule has 0 aromatic carbocycles. The van der Waals surface area contributed by atoms with Crippen LogP contribution in [0.3, 0.4) is 0 Å². The summed E-state index contributed by atoms with van der Waals surface area (Å²) < 4.78 is 5.52. The molecule has 4 heteroatoms. The van der Waals surface area contributed by atoms with E-state index in [0.29, 0.717) is 18.6 Å². The number of aryl methyl sites for hydroxylation is 1. The predicted octanol–water partition coefficient (Wildman–Crippen LogP) is 2.35. The summed E-state index contributed by atoms with van der Waals surface area (Å²) in [6, 6.07) is 7.42. The van der Waals surface area contributed by atoms with Gasteiger partial charge in [0.05, 0.1) is 0 Å². The van der Waals surface area contributed by atoms with Crippen molar-refractivity contribution in [3.8, 4) is 0 Å². The third-order valence-electron chi connectivity index (χ3n) is 2.35. The van der Waals surface area contributed by atoms with Crippen LogP contribution in [0.1, 0.15) is 28.9 Å². The first-order valence-electron chi connectivity index (χ1n) is 5.22. The second-order valence-electron chi connectivity index (χ2n) is 3.55. The van der Waals surface area contributed by atoms with Gasteiger partial charge in [-0.3, -0.25) is 0 Å². The van der Waals surface area contributed by atoms with E-state index in [1.807, 2.05) is 23.6 Å². The lowest BCUT2D eigenvalue weighted by molar-refractivity contribution is 0.189. The molecule has 0 bridgehead atoms. The van der Waals surface area contributed by atoms with Gasteiger partial charge in [-0.2, -0.15) is 0 Å². The number of hydrogen-bond acceptors (Lipinski definition) is 4. The van der Waals surface area contributed by atoms with Crippen LogP contribution in [0.4, 0.5) is 0 Å². The molecule has 3 nitrogen and oxygen atoms in total. The quantitative estimate of drug-likeness (QED) is 0.840. The molecule has 0 radical (unpaired) electrons. The second kappa shape index (κ2) is 5.30. The Morgan fingerprint density at radius 1 is 1.31 bits per heavy atom. The Balaban J connectivity index is 2.06. The van der Waals surface area contributed by atoms with Crippen molar-refractivity contribution < 1.29 is 14.6 Å². The van der Waals surface area contributed by atoms with Crippen molar-refractivity contribution >= 4 is 11.3 Å². The van der Waals surface area contributed by atoms with E-state index in [1.165, 1.54) is 11.3 Å². The SMILES string of the molecule is OCCCc1ccc(C(O)c2cccs2)o1. The van der Waals surface area contributed by atoms with Crippen molar-refractivity contribution in [3.63, 3.8) is 0 Å². The Labute approximate surface area is 98.0 Å². The van der Waals surface area contributed by atoms with Crippen LogP contribution in [-0.2, 0) is 6.42 Å². The summed E-state index contributed by atoms with van der Waals surface area (Å²) in [6.45, 7) is 0.156. The van der Waals surface area contributed by atoms with E-state index >= 15 is 0 Å². The molecule has 0 fully saturated rings. The largest absolute Gasteiger partial charge is 0.463 e. The maximum Gasteiger partial charge on any atom is 0.146 e. The lowest BCUT2D eigenvalue weighted by Crippen LogP contribution is -1.94. The van der Waals surface area contributed by atoms with E-state index in [-0.39, 0.29) is 6.61 Å². The van der Waals surface area contributed by atoms with Gasteiger partial charge in [-0.05, 0) is 30.0 Å². The summed E-state index contributed by atoms with van der Waals surface area (Å²) in [5.74, 6) is 1.37. The van der Waals surface area contributed by atoms with Gasteiger partial charge in [0.25, 0.3) is 0 Å². The van der Waals surface area contributed by atoms with Gasteiger partial charge in [0.2, 0.25) is 0 Å². The summed E-state index contributed by atoms with van der Waals surface area (Å²) in [7, 11) is 0. The highest BCUT2D eigenvalue weighted by atomic mass is 32.1. The fourth-order valence-electron chi connectivity index (χ4n) is 1.52. The van der Waals surface area contributed by atoms with Gasteiger partial charge in [0.1, 0.15) is 17.6 Å². The smallest absolute Gasteiger partial charge is 0.146 e. The number of thiophene rings is 1. The van der Waals surface area contributed by atoms with Gasteiger partial charge in [-0.1, -0.05) is 6.07 Å². The highest BCUT2D eigenvalue weighted by Gasteiger charge is 2.15. The van der Waals surface area contributed by atoms with E-state index in [2.05, 4.69) is 0 Å². The van der Waals surface area contributed by atoms with Crippen molar-refractivity contribution in [1.29, 1.82) is 0 Å². The third-order valence-corrected chi connectivity index (χ3v) is 3.27. The summed E-state index contributed by atoms with van der Waals surface area (Å²) in [6.07, 6.45) is 0.707. The summed E-state index contributed by atoms with van der Waals surface area (Å²) >= 11 is 1.50. The topological polar surface area (TPSA) is 53.6 Å². The van der Waals surface area contributed by atoms with Crippen molar-refractivity contribution in [2.24, 2.45) is 0 Å². The Morgan fingerprint density at radius 2 is 2.19 bits per heavy atom. The van der Waals surface area contributed by atoms with Gasteiger partial charge in [-0.15, -0.1) is 11.3 Å². The van der Waals surface area contributed by atoms with E-state index < -0.39 is 6.10 Å². The van der Waals surface area contributed by atoms with E-state index in [0.717, 1.165) is 10.6 Å². The van der Waals surface area contributed by atoms with Crippen molar-refractivity contribution in [1.82, 2.24) is 0 Å². The van der Waals surface area contributed by atoms with Crippen molar-refractivity contribution in [2.75, 3.05) is 6.61 Å². The average molecular weight is 238 g/mol. The highest BCUT2D eigenvalue weighted by Crippen LogP contribution is 2.27. The lowest BCUT2D eigenvalue weighted by Gasteiger charge is -2.04.